The molecule has 0 saturated carbocycles. The standard InChI is InChI=1S/C17H13BrF3N3O4S/c1-16(11-6-7-12(18)29-11)14(26)24(15(27)23-16)8-13(25)22-9-2-4-10(5-3-9)28-17(19,20)21/h2-7H,8H2,1H3,(H,22,25)(H,23,27). The van der Waals surface area contributed by atoms with Crippen LogP contribution < -0.4 is 15.4 Å². The number of imide groups is 1. The molecular weight excluding hydrogens is 479 g/mol. The van der Waals surface area contributed by atoms with Crippen molar-refractivity contribution < 1.29 is 32.3 Å². The van der Waals surface area contributed by atoms with Crippen molar-refractivity contribution in [2.75, 3.05) is 11.9 Å². The summed E-state index contributed by atoms with van der Waals surface area (Å²) in [6.45, 7) is 0.996. The molecule has 0 radical (unpaired) electrons. The van der Waals surface area contributed by atoms with Gasteiger partial charge in [-0.05, 0) is 59.3 Å². The van der Waals surface area contributed by atoms with Gasteiger partial charge in [-0.25, -0.2) is 4.79 Å². The van der Waals surface area contributed by atoms with Crippen LogP contribution >= 0.6 is 27.3 Å². The minimum atomic E-state index is -4.82. The molecule has 12 heteroatoms. The second-order valence-corrected chi connectivity index (χ2v) is 8.63. The third-order valence-corrected chi connectivity index (χ3v) is 5.86. The molecule has 1 aromatic heterocycles. The van der Waals surface area contributed by atoms with Crippen LogP contribution in [0, 0.1) is 0 Å². The molecular formula is C17H13BrF3N3O4S. The molecule has 4 amide bonds. The summed E-state index contributed by atoms with van der Waals surface area (Å²) in [6.07, 6.45) is -4.82. The van der Waals surface area contributed by atoms with E-state index in [1.807, 2.05) is 0 Å². The number of urea groups is 1. The number of nitrogens with zero attached hydrogens (tertiary/aromatic N) is 1. The number of amides is 4. The molecule has 1 fully saturated rings. The predicted molar refractivity (Wildman–Crippen MR) is 101 cm³/mol. The van der Waals surface area contributed by atoms with Crippen LogP contribution in [0.2, 0.25) is 0 Å². The van der Waals surface area contributed by atoms with E-state index >= 15 is 0 Å². The van der Waals surface area contributed by atoms with Crippen LogP contribution in [0.3, 0.4) is 0 Å². The van der Waals surface area contributed by atoms with E-state index in [1.54, 1.807) is 19.1 Å². The number of rotatable bonds is 5. The molecule has 2 aromatic rings. The fourth-order valence-electron chi connectivity index (χ4n) is 2.67. The molecule has 29 heavy (non-hydrogen) atoms. The van der Waals surface area contributed by atoms with Crippen molar-refractivity contribution >= 4 is 50.8 Å². The van der Waals surface area contributed by atoms with Crippen LogP contribution in [0.15, 0.2) is 40.2 Å². The number of ether oxygens (including phenoxy) is 1. The van der Waals surface area contributed by atoms with Crippen molar-refractivity contribution in [3.8, 4) is 5.75 Å². The van der Waals surface area contributed by atoms with Crippen LogP contribution in [0.4, 0.5) is 23.7 Å². The Balaban J connectivity index is 1.65. The van der Waals surface area contributed by atoms with Crippen LogP contribution in [-0.2, 0) is 15.1 Å². The Morgan fingerprint density at radius 2 is 1.90 bits per heavy atom. The Labute approximate surface area is 174 Å². The van der Waals surface area contributed by atoms with Crippen molar-refractivity contribution in [1.82, 2.24) is 10.2 Å². The zero-order valence-electron chi connectivity index (χ0n) is 14.7. The van der Waals surface area contributed by atoms with Gasteiger partial charge in [-0.3, -0.25) is 14.5 Å². The van der Waals surface area contributed by atoms with Gasteiger partial charge < -0.3 is 15.4 Å². The average molecular weight is 492 g/mol. The number of carbonyl (C=O) groups is 3. The molecule has 1 aliphatic rings. The van der Waals surface area contributed by atoms with Gasteiger partial charge in [0.05, 0.1) is 3.79 Å². The molecule has 0 bridgehead atoms. The fourth-order valence-corrected chi connectivity index (χ4v) is 4.15. The summed E-state index contributed by atoms with van der Waals surface area (Å²) in [5, 5.41) is 5.00. The molecule has 1 unspecified atom stereocenters. The molecule has 3 rings (SSSR count). The first-order chi connectivity index (χ1) is 13.5. The summed E-state index contributed by atoms with van der Waals surface area (Å²) in [5.74, 6) is -1.71. The Hall–Kier alpha value is -2.60. The molecule has 1 saturated heterocycles. The number of carbonyl (C=O) groups excluding carboxylic acids is 3. The van der Waals surface area contributed by atoms with E-state index in [2.05, 4.69) is 31.3 Å². The Kier molecular flexibility index (Phi) is 5.59. The number of hydrogen-bond donors (Lipinski definition) is 2. The van der Waals surface area contributed by atoms with Gasteiger partial charge in [0.1, 0.15) is 12.3 Å². The first kappa shape index (κ1) is 21.1. The van der Waals surface area contributed by atoms with Crippen LogP contribution in [0.25, 0.3) is 0 Å². The summed E-state index contributed by atoms with van der Waals surface area (Å²) in [7, 11) is 0. The van der Waals surface area contributed by atoms with E-state index < -0.39 is 42.0 Å². The van der Waals surface area contributed by atoms with Crippen LogP contribution in [0.5, 0.6) is 5.75 Å². The molecule has 0 aliphatic carbocycles. The van der Waals surface area contributed by atoms with E-state index in [0.717, 1.165) is 20.8 Å². The maximum Gasteiger partial charge on any atom is 0.573 e. The predicted octanol–water partition coefficient (Wildman–Crippen LogP) is 3.81. The van der Waals surface area contributed by atoms with Crippen molar-refractivity contribution in [3.63, 3.8) is 0 Å². The van der Waals surface area contributed by atoms with Crippen molar-refractivity contribution in [2.45, 2.75) is 18.8 Å². The number of hydrogen-bond acceptors (Lipinski definition) is 5. The summed E-state index contributed by atoms with van der Waals surface area (Å²) >= 11 is 4.58. The molecule has 0 spiro atoms. The molecule has 7 nitrogen and oxygen atoms in total. The topological polar surface area (TPSA) is 87.7 Å². The summed E-state index contributed by atoms with van der Waals surface area (Å²) in [4.78, 5) is 38.6. The molecule has 2 heterocycles. The van der Waals surface area contributed by atoms with Gasteiger partial charge in [0.25, 0.3) is 5.91 Å². The maximum absolute atomic E-state index is 12.7. The van der Waals surface area contributed by atoms with Crippen LogP contribution in [-0.4, -0.2) is 35.7 Å². The van der Waals surface area contributed by atoms with Gasteiger partial charge in [0.2, 0.25) is 5.91 Å². The van der Waals surface area contributed by atoms with E-state index in [1.165, 1.54) is 23.5 Å². The van der Waals surface area contributed by atoms with E-state index in [4.69, 9.17) is 0 Å². The number of benzene rings is 1. The summed E-state index contributed by atoms with van der Waals surface area (Å²) in [6, 6.07) is 7.19. The second-order valence-electron chi connectivity index (χ2n) is 6.17. The lowest BCUT2D eigenvalue weighted by Crippen LogP contribution is -2.41. The highest BCUT2D eigenvalue weighted by Gasteiger charge is 2.50. The minimum absolute atomic E-state index is 0.182. The normalized spacial score (nSPS) is 19.3. The highest BCUT2D eigenvalue weighted by atomic mass is 79.9. The van der Waals surface area contributed by atoms with Gasteiger partial charge in [-0.15, -0.1) is 24.5 Å². The Morgan fingerprint density at radius 1 is 1.24 bits per heavy atom. The molecule has 154 valence electrons. The van der Waals surface area contributed by atoms with E-state index in [0.29, 0.717) is 4.88 Å². The lowest BCUT2D eigenvalue weighted by Gasteiger charge is -2.20. The van der Waals surface area contributed by atoms with Gasteiger partial charge in [-0.1, -0.05) is 0 Å². The summed E-state index contributed by atoms with van der Waals surface area (Å²) in [5.41, 5.74) is -1.11. The zero-order valence-corrected chi connectivity index (χ0v) is 17.1. The van der Waals surface area contributed by atoms with Gasteiger partial charge in [0, 0.05) is 10.6 Å². The number of thiophene rings is 1. The van der Waals surface area contributed by atoms with Crippen molar-refractivity contribution in [3.05, 3.63) is 45.1 Å². The maximum atomic E-state index is 12.7. The summed E-state index contributed by atoms with van der Waals surface area (Å²) < 4.78 is 41.0. The fraction of sp³-hybridized carbons (Fsp3) is 0.235. The zero-order chi connectivity index (χ0) is 21.4. The largest absolute Gasteiger partial charge is 0.573 e. The third kappa shape index (κ3) is 4.70. The Bertz CT molecular complexity index is 964. The second kappa shape index (κ2) is 7.67. The van der Waals surface area contributed by atoms with Gasteiger partial charge in [-0.2, -0.15) is 0 Å². The molecule has 1 aromatic carbocycles. The lowest BCUT2D eigenvalue weighted by molar-refractivity contribution is -0.274. The smallest absolute Gasteiger partial charge is 0.406 e. The number of nitrogens with one attached hydrogen (secondary N) is 2. The SMILES string of the molecule is CC1(c2ccc(Br)s2)NC(=O)N(CC(=O)Nc2ccc(OC(F)(F)F)cc2)C1=O. The first-order valence-corrected chi connectivity index (χ1v) is 9.64. The molecule has 2 N–H and O–H groups in total. The monoisotopic (exact) mass is 491 g/mol. The van der Waals surface area contributed by atoms with Crippen molar-refractivity contribution in [1.29, 1.82) is 0 Å². The number of alkyl halides is 3. The van der Waals surface area contributed by atoms with E-state index in [9.17, 15) is 27.6 Å². The molecule has 1 atom stereocenters. The lowest BCUT2D eigenvalue weighted by atomic mass is 10.0. The average Bonchev–Trinajstić information content (AvgIpc) is 3.14. The Morgan fingerprint density at radius 3 is 2.45 bits per heavy atom. The van der Waals surface area contributed by atoms with Crippen LogP contribution in [0.1, 0.15) is 11.8 Å². The highest BCUT2D eigenvalue weighted by Crippen LogP contribution is 2.35. The number of halogens is 4. The third-order valence-electron chi connectivity index (χ3n) is 4.01. The van der Waals surface area contributed by atoms with Gasteiger partial charge in [0.15, 0.2) is 5.54 Å². The highest BCUT2D eigenvalue weighted by molar-refractivity contribution is 9.11. The van der Waals surface area contributed by atoms with Crippen molar-refractivity contribution in [2.24, 2.45) is 0 Å². The van der Waals surface area contributed by atoms with E-state index in [-0.39, 0.29) is 5.69 Å². The quantitative estimate of drug-likeness (QED) is 0.622. The number of anilines is 1. The minimum Gasteiger partial charge on any atom is -0.406 e. The first-order valence-electron chi connectivity index (χ1n) is 8.03. The molecule has 1 aliphatic heterocycles. The van der Waals surface area contributed by atoms with Gasteiger partial charge >= 0.3 is 12.4 Å².